The number of phenols is 1. The van der Waals surface area contributed by atoms with Gasteiger partial charge in [-0.3, -0.25) is 4.79 Å². The molecule has 1 aliphatic rings. The van der Waals surface area contributed by atoms with Crippen LogP contribution in [-0.4, -0.2) is 23.8 Å². The summed E-state index contributed by atoms with van der Waals surface area (Å²) < 4.78 is 5.25. The van der Waals surface area contributed by atoms with Crippen molar-refractivity contribution >= 4 is 12.1 Å². The lowest BCUT2D eigenvalue weighted by Gasteiger charge is -2.05. The number of ether oxygens (including phenoxy) is 1. The average Bonchev–Trinajstić information content (AvgIpc) is 3.17. The monoisotopic (exact) mass is 248 g/mol. The molecule has 0 aliphatic heterocycles. The lowest BCUT2D eigenvalue weighted by atomic mass is 10.2. The largest absolute Gasteiger partial charge is 0.504 e. The van der Waals surface area contributed by atoms with E-state index in [4.69, 9.17) is 4.74 Å². The number of rotatable bonds is 5. The highest BCUT2D eigenvalue weighted by molar-refractivity contribution is 5.84. The Balaban J connectivity index is 1.97. The average molecular weight is 248 g/mol. The fraction of sp³-hybridized carbons (Fsp3) is 0.385. The Morgan fingerprint density at radius 2 is 2.39 bits per heavy atom. The predicted octanol–water partition coefficient (Wildman–Crippen LogP) is 1.65. The molecule has 0 heterocycles. The first-order valence-corrected chi connectivity index (χ1v) is 5.99. The number of benzene rings is 1. The summed E-state index contributed by atoms with van der Waals surface area (Å²) in [6.45, 7) is 2.32. The van der Waals surface area contributed by atoms with Gasteiger partial charge >= 0.3 is 0 Å². The molecule has 5 nitrogen and oxygen atoms in total. The maximum atomic E-state index is 11.3. The third-order valence-corrected chi connectivity index (χ3v) is 2.62. The second kappa shape index (κ2) is 5.53. The Labute approximate surface area is 105 Å². The highest BCUT2D eigenvalue weighted by Gasteiger charge is 2.29. The highest BCUT2D eigenvalue weighted by atomic mass is 16.5. The number of nitrogens with one attached hydrogen (secondary N) is 1. The van der Waals surface area contributed by atoms with Crippen LogP contribution in [0.2, 0.25) is 0 Å². The SMILES string of the molecule is CCOc1cc(C=NNC(=O)C2CC2)ccc1O. The minimum absolute atomic E-state index is 0.0324. The number of aromatic hydroxyl groups is 1. The summed E-state index contributed by atoms with van der Waals surface area (Å²) in [5.74, 6) is 0.613. The summed E-state index contributed by atoms with van der Waals surface area (Å²) >= 11 is 0. The number of phenolic OH excluding ortho intramolecular Hbond substituents is 1. The standard InChI is InChI=1S/C13H16N2O3/c1-2-18-12-7-9(3-6-11(12)16)8-14-15-13(17)10-4-5-10/h3,6-8,10,16H,2,4-5H2,1H3,(H,15,17). The van der Waals surface area contributed by atoms with E-state index in [-0.39, 0.29) is 17.6 Å². The molecular weight excluding hydrogens is 232 g/mol. The molecule has 1 fully saturated rings. The van der Waals surface area contributed by atoms with Gasteiger partial charge in [0, 0.05) is 5.92 Å². The Hall–Kier alpha value is -2.04. The van der Waals surface area contributed by atoms with Crippen LogP contribution in [0.1, 0.15) is 25.3 Å². The number of nitrogens with zero attached hydrogens (tertiary/aromatic N) is 1. The summed E-state index contributed by atoms with van der Waals surface area (Å²) in [6.07, 6.45) is 3.44. The van der Waals surface area contributed by atoms with E-state index in [0.29, 0.717) is 12.4 Å². The third kappa shape index (κ3) is 3.23. The zero-order valence-corrected chi connectivity index (χ0v) is 10.2. The molecule has 0 spiro atoms. The Bertz CT molecular complexity index is 467. The molecule has 1 amide bonds. The number of carbonyl (C=O) groups excluding carboxylic acids is 1. The summed E-state index contributed by atoms with van der Waals surface area (Å²) in [5, 5.41) is 13.4. The van der Waals surface area contributed by atoms with Crippen LogP contribution in [0.3, 0.4) is 0 Å². The molecule has 1 aliphatic carbocycles. The number of amides is 1. The topological polar surface area (TPSA) is 70.9 Å². The van der Waals surface area contributed by atoms with Crippen LogP contribution in [0.4, 0.5) is 0 Å². The molecule has 1 aromatic rings. The van der Waals surface area contributed by atoms with Crippen LogP contribution >= 0.6 is 0 Å². The van der Waals surface area contributed by atoms with Gasteiger partial charge in [-0.25, -0.2) is 5.43 Å². The van der Waals surface area contributed by atoms with Gasteiger partial charge in [-0.1, -0.05) is 0 Å². The van der Waals surface area contributed by atoms with Crippen molar-refractivity contribution in [3.05, 3.63) is 23.8 Å². The summed E-state index contributed by atoms with van der Waals surface area (Å²) in [6, 6.07) is 4.91. The first-order valence-electron chi connectivity index (χ1n) is 5.99. The van der Waals surface area contributed by atoms with Crippen LogP contribution in [0, 0.1) is 5.92 Å². The van der Waals surface area contributed by atoms with Gasteiger partial charge in [0.25, 0.3) is 0 Å². The molecule has 2 rings (SSSR count). The molecule has 96 valence electrons. The molecule has 0 radical (unpaired) electrons. The maximum Gasteiger partial charge on any atom is 0.243 e. The van der Waals surface area contributed by atoms with Crippen molar-refractivity contribution in [1.29, 1.82) is 0 Å². The Kier molecular flexibility index (Phi) is 3.82. The molecule has 0 atom stereocenters. The summed E-state index contributed by atoms with van der Waals surface area (Å²) in [7, 11) is 0. The van der Waals surface area contributed by atoms with Crippen LogP contribution in [0.15, 0.2) is 23.3 Å². The van der Waals surface area contributed by atoms with Crippen molar-refractivity contribution in [3.8, 4) is 11.5 Å². The maximum absolute atomic E-state index is 11.3. The smallest absolute Gasteiger partial charge is 0.243 e. The Morgan fingerprint density at radius 1 is 1.61 bits per heavy atom. The second-order valence-corrected chi connectivity index (χ2v) is 4.17. The molecule has 18 heavy (non-hydrogen) atoms. The zero-order valence-electron chi connectivity index (χ0n) is 10.2. The van der Waals surface area contributed by atoms with Crippen molar-refractivity contribution in [2.45, 2.75) is 19.8 Å². The minimum Gasteiger partial charge on any atom is -0.504 e. The fourth-order valence-corrected chi connectivity index (χ4v) is 1.49. The molecule has 1 aromatic carbocycles. The van der Waals surface area contributed by atoms with E-state index in [1.165, 1.54) is 12.3 Å². The second-order valence-electron chi connectivity index (χ2n) is 4.17. The first kappa shape index (κ1) is 12.4. The summed E-state index contributed by atoms with van der Waals surface area (Å²) in [4.78, 5) is 11.3. The molecule has 0 bridgehead atoms. The van der Waals surface area contributed by atoms with E-state index >= 15 is 0 Å². The van der Waals surface area contributed by atoms with E-state index in [2.05, 4.69) is 10.5 Å². The quantitative estimate of drug-likeness (QED) is 0.615. The van der Waals surface area contributed by atoms with Gasteiger partial charge in [0.15, 0.2) is 11.5 Å². The molecular formula is C13H16N2O3. The molecule has 2 N–H and O–H groups in total. The van der Waals surface area contributed by atoms with Crippen molar-refractivity contribution < 1.29 is 14.6 Å². The molecule has 0 aromatic heterocycles. The number of hydrogen-bond acceptors (Lipinski definition) is 4. The molecule has 0 unspecified atom stereocenters. The van der Waals surface area contributed by atoms with Gasteiger partial charge in [0.2, 0.25) is 5.91 Å². The van der Waals surface area contributed by atoms with Gasteiger partial charge in [-0.2, -0.15) is 5.10 Å². The van der Waals surface area contributed by atoms with Gasteiger partial charge in [-0.05, 0) is 43.5 Å². The number of hydrogen-bond donors (Lipinski definition) is 2. The normalized spacial score (nSPS) is 14.7. The van der Waals surface area contributed by atoms with E-state index in [9.17, 15) is 9.90 Å². The van der Waals surface area contributed by atoms with Crippen molar-refractivity contribution in [2.24, 2.45) is 11.0 Å². The van der Waals surface area contributed by atoms with Gasteiger partial charge < -0.3 is 9.84 Å². The van der Waals surface area contributed by atoms with Crippen molar-refractivity contribution in [2.75, 3.05) is 6.61 Å². The molecule has 5 heteroatoms. The predicted molar refractivity (Wildman–Crippen MR) is 67.7 cm³/mol. The first-order chi connectivity index (χ1) is 8.70. The van der Waals surface area contributed by atoms with Crippen LogP contribution in [0.25, 0.3) is 0 Å². The number of hydrazone groups is 1. The summed E-state index contributed by atoms with van der Waals surface area (Å²) in [5.41, 5.74) is 3.24. The van der Waals surface area contributed by atoms with Crippen LogP contribution in [0.5, 0.6) is 11.5 Å². The van der Waals surface area contributed by atoms with Gasteiger partial charge in [0.05, 0.1) is 12.8 Å². The van der Waals surface area contributed by atoms with E-state index in [1.54, 1.807) is 12.1 Å². The van der Waals surface area contributed by atoms with E-state index in [0.717, 1.165) is 18.4 Å². The van der Waals surface area contributed by atoms with E-state index in [1.807, 2.05) is 6.92 Å². The molecule has 0 saturated heterocycles. The van der Waals surface area contributed by atoms with E-state index < -0.39 is 0 Å². The van der Waals surface area contributed by atoms with Crippen LogP contribution < -0.4 is 10.2 Å². The number of carbonyl (C=O) groups is 1. The van der Waals surface area contributed by atoms with Crippen molar-refractivity contribution in [1.82, 2.24) is 5.43 Å². The third-order valence-electron chi connectivity index (χ3n) is 2.62. The fourth-order valence-electron chi connectivity index (χ4n) is 1.49. The highest BCUT2D eigenvalue weighted by Crippen LogP contribution is 2.28. The lowest BCUT2D eigenvalue weighted by molar-refractivity contribution is -0.122. The zero-order chi connectivity index (χ0) is 13.0. The Morgan fingerprint density at radius 3 is 3.06 bits per heavy atom. The van der Waals surface area contributed by atoms with Gasteiger partial charge in [0.1, 0.15) is 0 Å². The van der Waals surface area contributed by atoms with Crippen molar-refractivity contribution in [3.63, 3.8) is 0 Å². The molecule has 1 saturated carbocycles. The minimum atomic E-state index is -0.0324. The lowest BCUT2D eigenvalue weighted by Crippen LogP contribution is -2.18. The van der Waals surface area contributed by atoms with Gasteiger partial charge in [-0.15, -0.1) is 0 Å². The van der Waals surface area contributed by atoms with Crippen LogP contribution in [-0.2, 0) is 4.79 Å².